The quantitative estimate of drug-likeness (QED) is 0.711. The first kappa shape index (κ1) is 10.8. The molecule has 6 heteroatoms. The number of aryl methyl sites for hydroxylation is 1. The smallest absolute Gasteiger partial charge is 0.250 e. The second-order valence-corrected chi connectivity index (χ2v) is 3.45. The summed E-state index contributed by atoms with van der Waals surface area (Å²) in [6.45, 7) is 4.05. The van der Waals surface area contributed by atoms with E-state index in [1.807, 2.05) is 0 Å². The summed E-state index contributed by atoms with van der Waals surface area (Å²) in [5.74, 6) is 1.20. The van der Waals surface area contributed by atoms with Crippen molar-refractivity contribution in [1.29, 1.82) is 0 Å². The molecule has 0 saturated carbocycles. The van der Waals surface area contributed by atoms with Crippen LogP contribution in [0, 0.1) is 0 Å². The molecule has 86 valence electrons. The number of nitrogens with one attached hydrogen (secondary N) is 2. The zero-order valence-corrected chi connectivity index (χ0v) is 9.23. The van der Waals surface area contributed by atoms with Crippen LogP contribution in [0.4, 0.5) is 0 Å². The van der Waals surface area contributed by atoms with Gasteiger partial charge in [0.1, 0.15) is 0 Å². The molecular formula is C10H15N5O. The van der Waals surface area contributed by atoms with Gasteiger partial charge in [-0.1, -0.05) is 6.92 Å². The molecule has 0 aliphatic heterocycles. The number of rotatable bonds is 6. The number of nitrogens with zero attached hydrogens (tertiary/aromatic N) is 3. The van der Waals surface area contributed by atoms with Gasteiger partial charge in [0.15, 0.2) is 0 Å². The molecule has 0 fully saturated rings. The Balaban J connectivity index is 1.88. The minimum Gasteiger partial charge on any atom is -0.421 e. The predicted molar refractivity (Wildman–Crippen MR) is 58.7 cm³/mol. The lowest BCUT2D eigenvalue weighted by molar-refractivity contribution is 0.492. The van der Waals surface area contributed by atoms with Crippen LogP contribution in [0.15, 0.2) is 16.8 Å². The van der Waals surface area contributed by atoms with Crippen molar-refractivity contribution in [3.8, 4) is 11.5 Å². The van der Waals surface area contributed by atoms with Gasteiger partial charge in [-0.25, -0.2) is 0 Å². The van der Waals surface area contributed by atoms with Crippen LogP contribution in [-0.2, 0) is 6.42 Å². The number of aromatic amines is 1. The van der Waals surface area contributed by atoms with Crippen LogP contribution in [0.2, 0.25) is 0 Å². The van der Waals surface area contributed by atoms with E-state index in [-0.39, 0.29) is 0 Å². The van der Waals surface area contributed by atoms with E-state index in [1.54, 1.807) is 12.4 Å². The fraction of sp³-hybridized carbons (Fsp3) is 0.500. The third kappa shape index (κ3) is 2.66. The molecule has 0 atom stereocenters. The Hall–Kier alpha value is -1.69. The van der Waals surface area contributed by atoms with Crippen LogP contribution in [0.3, 0.4) is 0 Å². The Morgan fingerprint density at radius 3 is 3.12 bits per heavy atom. The first-order valence-electron chi connectivity index (χ1n) is 5.42. The summed E-state index contributed by atoms with van der Waals surface area (Å²) in [5, 5.41) is 17.7. The standard InChI is InChI=1S/C10H15N5O/c1-2-11-5-3-4-9-14-15-10(16-9)8-6-12-13-7-8/h6-7,11H,2-5H2,1H3,(H,12,13). The maximum Gasteiger partial charge on any atom is 0.250 e. The van der Waals surface area contributed by atoms with Gasteiger partial charge in [-0.2, -0.15) is 5.10 Å². The van der Waals surface area contributed by atoms with Gasteiger partial charge < -0.3 is 9.73 Å². The average molecular weight is 221 g/mol. The summed E-state index contributed by atoms with van der Waals surface area (Å²) < 4.78 is 5.50. The highest BCUT2D eigenvalue weighted by Crippen LogP contribution is 2.15. The highest BCUT2D eigenvalue weighted by Gasteiger charge is 2.08. The molecule has 2 rings (SSSR count). The Morgan fingerprint density at radius 1 is 1.44 bits per heavy atom. The molecule has 2 heterocycles. The third-order valence-corrected chi connectivity index (χ3v) is 2.21. The molecule has 0 spiro atoms. The highest BCUT2D eigenvalue weighted by molar-refractivity contribution is 5.48. The van der Waals surface area contributed by atoms with Crippen molar-refractivity contribution in [3.63, 3.8) is 0 Å². The van der Waals surface area contributed by atoms with Crippen molar-refractivity contribution in [2.45, 2.75) is 19.8 Å². The van der Waals surface area contributed by atoms with Crippen molar-refractivity contribution >= 4 is 0 Å². The third-order valence-electron chi connectivity index (χ3n) is 2.21. The van der Waals surface area contributed by atoms with Crippen LogP contribution in [0.1, 0.15) is 19.2 Å². The number of aromatic nitrogens is 4. The van der Waals surface area contributed by atoms with E-state index >= 15 is 0 Å². The molecule has 2 N–H and O–H groups in total. The van der Waals surface area contributed by atoms with E-state index < -0.39 is 0 Å². The molecule has 0 unspecified atom stereocenters. The van der Waals surface area contributed by atoms with E-state index in [4.69, 9.17) is 4.42 Å². The summed E-state index contributed by atoms with van der Waals surface area (Å²) in [7, 11) is 0. The molecular weight excluding hydrogens is 206 g/mol. The van der Waals surface area contributed by atoms with E-state index in [1.165, 1.54) is 0 Å². The largest absolute Gasteiger partial charge is 0.421 e. The van der Waals surface area contributed by atoms with E-state index in [0.29, 0.717) is 11.8 Å². The molecule has 16 heavy (non-hydrogen) atoms. The van der Waals surface area contributed by atoms with E-state index in [9.17, 15) is 0 Å². The SMILES string of the molecule is CCNCCCc1nnc(-c2cn[nH]c2)o1. The lowest BCUT2D eigenvalue weighted by Gasteiger charge is -1.97. The molecule has 0 aliphatic rings. The summed E-state index contributed by atoms with van der Waals surface area (Å²) in [6.07, 6.45) is 5.20. The Bertz CT molecular complexity index is 409. The molecule has 0 radical (unpaired) electrons. The van der Waals surface area contributed by atoms with Crippen molar-refractivity contribution in [1.82, 2.24) is 25.7 Å². The summed E-state index contributed by atoms with van der Waals surface area (Å²) in [6, 6.07) is 0. The van der Waals surface area contributed by atoms with Gasteiger partial charge in [0.2, 0.25) is 5.89 Å². The molecule has 0 aromatic carbocycles. The van der Waals surface area contributed by atoms with Crippen LogP contribution in [0.25, 0.3) is 11.5 Å². The molecule has 2 aromatic heterocycles. The van der Waals surface area contributed by atoms with Gasteiger partial charge in [0.25, 0.3) is 5.89 Å². The fourth-order valence-corrected chi connectivity index (χ4v) is 1.38. The first-order valence-corrected chi connectivity index (χ1v) is 5.42. The Labute approximate surface area is 93.5 Å². The van der Waals surface area contributed by atoms with Gasteiger partial charge in [-0.15, -0.1) is 10.2 Å². The monoisotopic (exact) mass is 221 g/mol. The van der Waals surface area contributed by atoms with Crippen molar-refractivity contribution in [3.05, 3.63) is 18.3 Å². The van der Waals surface area contributed by atoms with Crippen LogP contribution in [-0.4, -0.2) is 33.5 Å². The normalized spacial score (nSPS) is 10.8. The average Bonchev–Trinajstić information content (AvgIpc) is 2.94. The Kier molecular flexibility index (Phi) is 3.66. The second kappa shape index (κ2) is 5.41. The van der Waals surface area contributed by atoms with Gasteiger partial charge >= 0.3 is 0 Å². The molecule has 0 aliphatic carbocycles. The number of hydrogen-bond donors (Lipinski definition) is 2. The summed E-state index contributed by atoms with van der Waals surface area (Å²) in [5.41, 5.74) is 0.824. The van der Waals surface area contributed by atoms with Gasteiger partial charge in [-0.05, 0) is 19.5 Å². The van der Waals surface area contributed by atoms with Gasteiger partial charge in [0.05, 0.1) is 11.8 Å². The maximum atomic E-state index is 5.50. The molecule has 0 saturated heterocycles. The minimum atomic E-state index is 0.521. The van der Waals surface area contributed by atoms with Crippen LogP contribution < -0.4 is 5.32 Å². The van der Waals surface area contributed by atoms with E-state index in [0.717, 1.165) is 31.5 Å². The number of hydrogen-bond acceptors (Lipinski definition) is 5. The predicted octanol–water partition coefficient (Wildman–Crippen LogP) is 1.00. The van der Waals surface area contributed by atoms with Crippen LogP contribution >= 0.6 is 0 Å². The second-order valence-electron chi connectivity index (χ2n) is 3.45. The Morgan fingerprint density at radius 2 is 2.38 bits per heavy atom. The minimum absolute atomic E-state index is 0.521. The van der Waals surface area contributed by atoms with Gasteiger partial charge in [0, 0.05) is 12.6 Å². The molecule has 0 amide bonds. The zero-order valence-electron chi connectivity index (χ0n) is 9.23. The van der Waals surface area contributed by atoms with Crippen molar-refractivity contribution in [2.24, 2.45) is 0 Å². The zero-order chi connectivity index (χ0) is 11.2. The summed E-state index contributed by atoms with van der Waals surface area (Å²) >= 11 is 0. The summed E-state index contributed by atoms with van der Waals surface area (Å²) in [4.78, 5) is 0. The van der Waals surface area contributed by atoms with Crippen LogP contribution in [0.5, 0.6) is 0 Å². The molecule has 6 nitrogen and oxygen atoms in total. The van der Waals surface area contributed by atoms with Crippen molar-refractivity contribution < 1.29 is 4.42 Å². The molecule has 2 aromatic rings. The number of H-pyrrole nitrogens is 1. The fourth-order valence-electron chi connectivity index (χ4n) is 1.38. The first-order chi connectivity index (χ1) is 7.90. The lowest BCUT2D eigenvalue weighted by atomic mass is 10.3. The van der Waals surface area contributed by atoms with Gasteiger partial charge in [-0.3, -0.25) is 5.10 Å². The topological polar surface area (TPSA) is 79.6 Å². The van der Waals surface area contributed by atoms with Crippen molar-refractivity contribution in [2.75, 3.05) is 13.1 Å². The van der Waals surface area contributed by atoms with E-state index in [2.05, 4.69) is 32.6 Å². The maximum absolute atomic E-state index is 5.50. The highest BCUT2D eigenvalue weighted by atomic mass is 16.4. The molecule has 0 bridgehead atoms. The lowest BCUT2D eigenvalue weighted by Crippen LogP contribution is -2.14.